The molecule has 0 radical (unpaired) electrons. The van der Waals surface area contributed by atoms with Crippen LogP contribution in [-0.4, -0.2) is 47.7 Å². The van der Waals surface area contributed by atoms with E-state index in [1.165, 1.54) is 0 Å². The van der Waals surface area contributed by atoms with Gasteiger partial charge in [0.15, 0.2) is 12.2 Å². The Morgan fingerprint density at radius 1 is 1.50 bits per heavy atom. The number of fused-ring (bicyclic) bond motifs is 1. The minimum atomic E-state index is -0.976. The van der Waals surface area contributed by atoms with Gasteiger partial charge in [-0.2, -0.15) is 0 Å². The number of carboxylic acid groups (broad SMARTS) is 1. The van der Waals surface area contributed by atoms with Gasteiger partial charge >= 0.3 is 5.97 Å². The van der Waals surface area contributed by atoms with Gasteiger partial charge in [-0.1, -0.05) is 6.07 Å². The molecule has 2 atom stereocenters. The van der Waals surface area contributed by atoms with Crippen molar-refractivity contribution in [1.29, 1.82) is 0 Å². The Balaban J connectivity index is 1.73. The second-order valence-corrected chi connectivity index (χ2v) is 5.07. The van der Waals surface area contributed by atoms with Crippen LogP contribution in [0.1, 0.15) is 12.0 Å². The Labute approximate surface area is 115 Å². The zero-order valence-electron chi connectivity index (χ0n) is 11.0. The van der Waals surface area contributed by atoms with E-state index in [1.54, 1.807) is 30.1 Å². The van der Waals surface area contributed by atoms with Crippen LogP contribution in [-0.2, 0) is 16.0 Å². The van der Waals surface area contributed by atoms with Crippen molar-refractivity contribution in [3.05, 3.63) is 23.8 Å². The van der Waals surface area contributed by atoms with Gasteiger partial charge in [-0.05, 0) is 11.6 Å². The van der Waals surface area contributed by atoms with Gasteiger partial charge in [0.2, 0.25) is 0 Å². The third-order valence-electron chi connectivity index (χ3n) is 3.65. The van der Waals surface area contributed by atoms with Gasteiger partial charge in [0, 0.05) is 32.5 Å². The normalized spacial score (nSPS) is 24.4. The van der Waals surface area contributed by atoms with Gasteiger partial charge in [0.25, 0.3) is 5.91 Å². The summed E-state index contributed by atoms with van der Waals surface area (Å²) in [5.74, 6) is 0.0447. The van der Waals surface area contributed by atoms with Crippen LogP contribution < -0.4 is 9.47 Å². The minimum Gasteiger partial charge on any atom is -0.480 e. The highest BCUT2D eigenvalue weighted by Gasteiger charge is 2.32. The molecule has 0 aliphatic carbocycles. The maximum absolute atomic E-state index is 11.8. The largest absolute Gasteiger partial charge is 0.480 e. The summed E-state index contributed by atoms with van der Waals surface area (Å²) in [7, 11) is 1.74. The van der Waals surface area contributed by atoms with Gasteiger partial charge in [-0.25, -0.2) is 4.79 Å². The first kappa shape index (κ1) is 12.8. The number of amides is 1. The predicted octanol–water partition coefficient (Wildman–Crippen LogP) is 0.684. The van der Waals surface area contributed by atoms with Crippen LogP contribution in [0.4, 0.5) is 0 Å². The Hall–Kier alpha value is -2.24. The number of rotatable bonds is 3. The van der Waals surface area contributed by atoms with Crippen LogP contribution in [0.2, 0.25) is 0 Å². The lowest BCUT2D eigenvalue weighted by Gasteiger charge is -2.13. The molecule has 0 bridgehead atoms. The fourth-order valence-corrected chi connectivity index (χ4v) is 2.48. The molecule has 6 heteroatoms. The van der Waals surface area contributed by atoms with Crippen molar-refractivity contribution in [2.45, 2.75) is 25.0 Å². The van der Waals surface area contributed by atoms with Crippen LogP contribution in [0, 0.1) is 0 Å². The molecule has 1 fully saturated rings. The number of hydrogen-bond donors (Lipinski definition) is 1. The number of carboxylic acids is 1. The summed E-state index contributed by atoms with van der Waals surface area (Å²) in [4.78, 5) is 24.3. The van der Waals surface area contributed by atoms with E-state index in [1.807, 2.05) is 0 Å². The number of benzene rings is 1. The van der Waals surface area contributed by atoms with Gasteiger partial charge in [-0.15, -0.1) is 0 Å². The highest BCUT2D eigenvalue weighted by molar-refractivity contribution is 5.83. The molecule has 6 nitrogen and oxygen atoms in total. The molecule has 1 saturated heterocycles. The monoisotopic (exact) mass is 277 g/mol. The number of ether oxygens (including phenoxy) is 2. The summed E-state index contributed by atoms with van der Waals surface area (Å²) < 4.78 is 11.0. The van der Waals surface area contributed by atoms with Gasteiger partial charge < -0.3 is 19.5 Å². The van der Waals surface area contributed by atoms with Crippen LogP contribution in [0.3, 0.4) is 0 Å². The van der Waals surface area contributed by atoms with Gasteiger partial charge in [-0.3, -0.25) is 4.79 Å². The SMILES string of the molecule is CN1CCC(Oc2ccc3c(c2)OC(C(=O)O)C3)C1=O. The maximum Gasteiger partial charge on any atom is 0.345 e. The molecule has 0 saturated carbocycles. The summed E-state index contributed by atoms with van der Waals surface area (Å²) in [5, 5.41) is 8.94. The fourth-order valence-electron chi connectivity index (χ4n) is 2.48. The Morgan fingerprint density at radius 2 is 2.30 bits per heavy atom. The molecule has 106 valence electrons. The van der Waals surface area contributed by atoms with Crippen molar-refractivity contribution in [2.24, 2.45) is 0 Å². The van der Waals surface area contributed by atoms with Crippen LogP contribution in [0.15, 0.2) is 18.2 Å². The van der Waals surface area contributed by atoms with Crippen molar-refractivity contribution < 1.29 is 24.2 Å². The Morgan fingerprint density at radius 3 is 2.95 bits per heavy atom. The molecule has 1 aromatic carbocycles. The van der Waals surface area contributed by atoms with Gasteiger partial charge in [0.05, 0.1) is 0 Å². The summed E-state index contributed by atoms with van der Waals surface area (Å²) in [6.07, 6.45) is -0.282. The lowest BCUT2D eigenvalue weighted by molar-refractivity contribution is -0.144. The first-order chi connectivity index (χ1) is 9.54. The first-order valence-electron chi connectivity index (χ1n) is 6.48. The first-order valence-corrected chi connectivity index (χ1v) is 6.48. The topological polar surface area (TPSA) is 76.1 Å². The molecule has 2 heterocycles. The summed E-state index contributed by atoms with van der Waals surface area (Å²) in [6, 6.07) is 5.19. The molecule has 0 aromatic heterocycles. The molecule has 20 heavy (non-hydrogen) atoms. The summed E-state index contributed by atoms with van der Waals surface area (Å²) in [5.41, 5.74) is 0.847. The lowest BCUT2D eigenvalue weighted by atomic mass is 10.1. The van der Waals surface area contributed by atoms with Crippen LogP contribution in [0.25, 0.3) is 0 Å². The molecular weight excluding hydrogens is 262 g/mol. The molecule has 0 spiro atoms. The number of likely N-dealkylation sites (N-methyl/N-ethyl adjacent to an activating group) is 1. The lowest BCUT2D eigenvalue weighted by Crippen LogP contribution is -2.29. The molecule has 3 rings (SSSR count). The van der Waals surface area contributed by atoms with Crippen LogP contribution >= 0.6 is 0 Å². The molecule has 2 aliphatic rings. The maximum atomic E-state index is 11.8. The van der Waals surface area contributed by atoms with E-state index in [9.17, 15) is 9.59 Å². The summed E-state index contributed by atoms with van der Waals surface area (Å²) in [6.45, 7) is 0.687. The third kappa shape index (κ3) is 2.17. The van der Waals surface area contributed by atoms with E-state index >= 15 is 0 Å². The second kappa shape index (κ2) is 4.70. The zero-order valence-corrected chi connectivity index (χ0v) is 11.0. The van der Waals surface area contributed by atoms with E-state index in [2.05, 4.69) is 0 Å². The molecule has 2 aliphatic heterocycles. The third-order valence-corrected chi connectivity index (χ3v) is 3.65. The van der Waals surface area contributed by atoms with E-state index in [0.717, 1.165) is 5.56 Å². The van der Waals surface area contributed by atoms with Crippen molar-refractivity contribution in [3.63, 3.8) is 0 Å². The number of hydrogen-bond acceptors (Lipinski definition) is 4. The molecule has 1 aromatic rings. The quantitative estimate of drug-likeness (QED) is 0.879. The van der Waals surface area contributed by atoms with Crippen molar-refractivity contribution in [1.82, 2.24) is 4.90 Å². The highest BCUT2D eigenvalue weighted by atomic mass is 16.5. The number of nitrogens with zero attached hydrogens (tertiary/aromatic N) is 1. The van der Waals surface area contributed by atoms with Crippen molar-refractivity contribution >= 4 is 11.9 Å². The standard InChI is InChI=1S/C14H15NO5/c1-15-5-4-10(13(15)16)19-9-3-2-8-6-12(14(17)18)20-11(8)7-9/h2-3,7,10,12H,4-6H2,1H3,(H,17,18). The zero-order chi connectivity index (χ0) is 14.3. The number of carbonyl (C=O) groups is 2. The predicted molar refractivity (Wildman–Crippen MR) is 68.9 cm³/mol. The molecule has 1 N–H and O–H groups in total. The Bertz CT molecular complexity index is 571. The Kier molecular flexibility index (Phi) is 3.00. The fraction of sp³-hybridized carbons (Fsp3) is 0.429. The van der Waals surface area contributed by atoms with Crippen LogP contribution in [0.5, 0.6) is 11.5 Å². The van der Waals surface area contributed by atoms with Crippen molar-refractivity contribution in [3.8, 4) is 11.5 Å². The average molecular weight is 277 g/mol. The van der Waals surface area contributed by atoms with E-state index in [0.29, 0.717) is 30.9 Å². The van der Waals surface area contributed by atoms with E-state index in [-0.39, 0.29) is 5.91 Å². The van der Waals surface area contributed by atoms with Gasteiger partial charge in [0.1, 0.15) is 11.5 Å². The number of carbonyl (C=O) groups excluding carboxylic acids is 1. The summed E-state index contributed by atoms with van der Waals surface area (Å²) >= 11 is 0. The minimum absolute atomic E-state index is 0.0326. The van der Waals surface area contributed by atoms with E-state index in [4.69, 9.17) is 14.6 Å². The second-order valence-electron chi connectivity index (χ2n) is 5.07. The smallest absolute Gasteiger partial charge is 0.345 e. The number of likely N-dealkylation sites (tertiary alicyclic amines) is 1. The number of aliphatic carboxylic acids is 1. The molecular formula is C14H15NO5. The molecule has 1 amide bonds. The highest BCUT2D eigenvalue weighted by Crippen LogP contribution is 2.33. The molecule has 2 unspecified atom stereocenters. The average Bonchev–Trinajstić information content (AvgIpc) is 2.97. The van der Waals surface area contributed by atoms with Crippen molar-refractivity contribution in [2.75, 3.05) is 13.6 Å². The van der Waals surface area contributed by atoms with E-state index < -0.39 is 18.2 Å².